The van der Waals surface area contributed by atoms with Gasteiger partial charge in [0.1, 0.15) is 31.5 Å². The highest BCUT2D eigenvalue weighted by atomic mass is 28.5. The highest BCUT2D eigenvalue weighted by Crippen LogP contribution is 2.30. The first kappa shape index (κ1) is 88.3. The van der Waals surface area contributed by atoms with Gasteiger partial charge in [0.05, 0.1) is 46.2 Å². The number of rotatable bonds is 49. The van der Waals surface area contributed by atoms with E-state index in [9.17, 15) is 29.4 Å². The molecule has 0 aromatic heterocycles. The Labute approximate surface area is 528 Å². The molecule has 0 bridgehead atoms. The Morgan fingerprint density at radius 2 is 0.884 bits per heavy atom. The maximum atomic E-state index is 11.8. The maximum absolute atomic E-state index is 11.8. The summed E-state index contributed by atoms with van der Waals surface area (Å²) in [4.78, 5) is 45.0. The van der Waals surface area contributed by atoms with Crippen LogP contribution in [-0.2, 0) is 82.4 Å². The van der Waals surface area contributed by atoms with E-state index in [0.29, 0.717) is 56.8 Å². The minimum Gasteiger partial charge on any atom is -0.462 e. The summed E-state index contributed by atoms with van der Waals surface area (Å²) < 4.78 is 80.1. The fourth-order valence-corrected chi connectivity index (χ4v) is 38.4. The van der Waals surface area contributed by atoms with Crippen molar-refractivity contribution < 1.29 is 97.7 Å². The van der Waals surface area contributed by atoms with Gasteiger partial charge in [-0.25, -0.2) is 19.2 Å². The third kappa shape index (κ3) is 56.1. The minimum atomic E-state index is -2.85. The van der Waals surface area contributed by atoms with Crippen LogP contribution in [0.5, 0.6) is 0 Å². The van der Waals surface area contributed by atoms with Gasteiger partial charge >= 0.3 is 32.7 Å². The van der Waals surface area contributed by atoms with Crippen molar-refractivity contribution in [3.63, 3.8) is 0 Å². The third-order valence-electron chi connectivity index (χ3n) is 11.1. The Hall–Kier alpha value is -1.94. The van der Waals surface area contributed by atoms with E-state index >= 15 is 0 Å². The fraction of sp³-hybridized carbons (Fsp3) is 0.789. The van der Waals surface area contributed by atoms with Gasteiger partial charge in [-0.15, -0.1) is 0 Å². The molecule has 21 nitrogen and oxygen atoms in total. The van der Waals surface area contributed by atoms with Crippen LogP contribution in [0.3, 0.4) is 0 Å². The van der Waals surface area contributed by atoms with E-state index in [1.807, 2.05) is 0 Å². The van der Waals surface area contributed by atoms with E-state index in [1.54, 1.807) is 21.0 Å². The van der Waals surface area contributed by atoms with Crippen molar-refractivity contribution in [3.05, 3.63) is 49.6 Å². The Kier molecular flexibility index (Phi) is 48.3. The van der Waals surface area contributed by atoms with Gasteiger partial charge in [-0.2, -0.15) is 0 Å². The molecule has 3 N–H and O–H groups in total. The summed E-state index contributed by atoms with van der Waals surface area (Å²) in [7, 11) is -13.5. The van der Waals surface area contributed by atoms with Gasteiger partial charge in [0.15, 0.2) is 58.9 Å². The maximum Gasteiger partial charge on any atom is 0.469 e. The topological polar surface area (TPSA) is 258 Å². The Morgan fingerprint density at radius 3 is 1.27 bits per heavy atom. The number of carbonyl (C=O) groups is 4. The first-order chi connectivity index (χ1) is 39.6. The molecule has 506 valence electrons. The number of methoxy groups -OCH3 is 1. The third-order valence-corrected chi connectivity index (χ3v) is 37.6. The molecule has 4 unspecified atom stereocenters. The average molecular weight is 1370 g/mol. The van der Waals surface area contributed by atoms with E-state index in [4.69, 9.17) is 68.3 Å². The molecule has 0 radical (unpaired) electrons. The monoisotopic (exact) mass is 1360 g/mol. The van der Waals surface area contributed by atoms with E-state index in [0.717, 1.165) is 68.4 Å². The first-order valence-electron chi connectivity index (χ1n) is 30.1. The predicted molar refractivity (Wildman–Crippen MR) is 361 cm³/mol. The molecule has 0 fully saturated rings. The number of carbonyl (C=O) groups excluding carboxylic acids is 4. The smallest absolute Gasteiger partial charge is 0.462 e. The van der Waals surface area contributed by atoms with Crippen molar-refractivity contribution in [3.8, 4) is 0 Å². The minimum absolute atomic E-state index is 0.0806. The second-order valence-corrected chi connectivity index (χ2v) is 58.9. The molecule has 0 heterocycles. The van der Waals surface area contributed by atoms with Gasteiger partial charge in [0, 0.05) is 62.9 Å². The summed E-state index contributed by atoms with van der Waals surface area (Å²) in [6.45, 7) is 55.8. The first-order valence-corrected chi connectivity index (χ1v) is 54.0. The number of hydrogen-bond donors (Lipinski definition) is 3. The normalized spacial score (nSPS) is 13.8. The number of esters is 4. The largest absolute Gasteiger partial charge is 0.469 e. The highest BCUT2D eigenvalue weighted by molar-refractivity contribution is 6.90. The van der Waals surface area contributed by atoms with Gasteiger partial charge in [-0.05, 0) is 175 Å². The van der Waals surface area contributed by atoms with Gasteiger partial charge in [0.2, 0.25) is 0 Å². The summed E-state index contributed by atoms with van der Waals surface area (Å²) in [5.74, 6) is -1.89. The van der Waals surface area contributed by atoms with Crippen molar-refractivity contribution in [2.24, 2.45) is 0 Å². The number of aliphatic hydroxyl groups excluding tert-OH is 3. The van der Waals surface area contributed by atoms with Crippen LogP contribution in [-0.4, -0.2) is 218 Å². The molecule has 86 heavy (non-hydrogen) atoms. The molecule has 0 aliphatic heterocycles. The summed E-state index contributed by atoms with van der Waals surface area (Å²) in [5, 5.41) is 28.1. The SMILES string of the molecule is C=C(C)C(=O)OC(COC)COCCC[Si](O[Si](C)(C)C)(O[Si](C)(C)C)O[Si](C)(C)C.C=C(C)C(=O)OCCC[SiH](C)O[Si](C)(C)CCCOCCO.C=CC(=O)OCC(O)COCCC[Si](C)(C)O[Si](C)(C)CCCOCC(O)COC(=O)C=C. The Morgan fingerprint density at radius 1 is 0.488 bits per heavy atom. The number of ether oxygens (including phenoxy) is 9. The quantitative estimate of drug-likeness (QED) is 0.0168. The lowest BCUT2D eigenvalue weighted by atomic mass is 10.3. The molecule has 0 amide bonds. The zero-order valence-corrected chi connectivity index (χ0v) is 64.9. The van der Waals surface area contributed by atoms with Gasteiger partial charge < -0.3 is 78.5 Å². The van der Waals surface area contributed by atoms with Gasteiger partial charge in [-0.3, -0.25) is 0 Å². The highest BCUT2D eigenvalue weighted by Gasteiger charge is 2.49. The Bertz CT molecular complexity index is 1820. The van der Waals surface area contributed by atoms with Crippen LogP contribution in [0.1, 0.15) is 46.0 Å². The molecular weight excluding hydrogens is 1250 g/mol. The zero-order valence-electron chi connectivity index (χ0n) is 56.7. The molecule has 4 atom stereocenters. The molecule has 0 saturated carbocycles. The molecule has 0 aliphatic rings. The lowest BCUT2D eigenvalue weighted by Gasteiger charge is -2.42. The van der Waals surface area contributed by atoms with Gasteiger partial charge in [0.25, 0.3) is 0 Å². The van der Waals surface area contributed by atoms with Crippen molar-refractivity contribution in [2.45, 2.75) is 199 Å². The summed E-state index contributed by atoms with van der Waals surface area (Å²) in [6.07, 6.45) is 4.18. The van der Waals surface area contributed by atoms with Crippen LogP contribution in [0.2, 0.25) is 135 Å². The lowest BCUT2D eigenvalue weighted by molar-refractivity contribution is -0.150. The molecule has 0 aromatic rings. The lowest BCUT2D eigenvalue weighted by Crippen LogP contribution is -2.60. The van der Waals surface area contributed by atoms with E-state index in [2.05, 4.69) is 131 Å². The molecule has 0 saturated heterocycles. The van der Waals surface area contributed by atoms with Crippen LogP contribution in [0.25, 0.3) is 0 Å². The van der Waals surface area contributed by atoms with Crippen molar-refractivity contribution >= 4 is 91.6 Å². The summed E-state index contributed by atoms with van der Waals surface area (Å²) in [5.41, 5.74) is 0.797. The van der Waals surface area contributed by atoms with E-state index in [1.165, 1.54) is 0 Å². The molecular formula is C57H120O21Si8. The molecule has 29 heteroatoms. The molecule has 0 aliphatic carbocycles. The van der Waals surface area contributed by atoms with Crippen molar-refractivity contribution in [1.29, 1.82) is 0 Å². The number of aliphatic hydroxyl groups is 3. The standard InChI is InChI=1S/C22H42O9Si2.C20H46O7Si4.C15H32O5Si2/c1-7-21(25)29-17-19(23)15-27-11-9-13-32(3,4)31-33(5,6)14-10-12-28-16-20(24)18-30-22(26)8-2;1-18(2)20(21)24-19(16-22-3)17-23-14-13-15-31(25-28(4,5)6,26-29(7,8)9)27-30(10,11)12;1-14(2)15(17)19-10-6-12-21(3)20-22(4,5)13-7-9-18-11-8-16/h7-8,19-20,23-24H,1-2,9-18H2,3-6H3;19H,1,13-17H2,2-12H3;16,21H,1,6-13H2,2-5H3. The van der Waals surface area contributed by atoms with Crippen LogP contribution < -0.4 is 0 Å². The molecule has 0 rings (SSSR count). The van der Waals surface area contributed by atoms with Crippen molar-refractivity contribution in [1.82, 2.24) is 0 Å². The van der Waals surface area contributed by atoms with Crippen LogP contribution in [0.15, 0.2) is 49.6 Å². The van der Waals surface area contributed by atoms with Crippen LogP contribution in [0, 0.1) is 0 Å². The Balaban J connectivity index is -0.00000123. The molecule has 0 spiro atoms. The van der Waals surface area contributed by atoms with E-state index in [-0.39, 0.29) is 52.2 Å². The summed E-state index contributed by atoms with van der Waals surface area (Å²) >= 11 is 0. The number of hydrogen-bond acceptors (Lipinski definition) is 21. The van der Waals surface area contributed by atoms with Crippen LogP contribution >= 0.6 is 0 Å². The summed E-state index contributed by atoms with van der Waals surface area (Å²) in [6, 6.07) is 4.68. The molecule has 0 aromatic carbocycles. The van der Waals surface area contributed by atoms with Crippen LogP contribution in [0.4, 0.5) is 0 Å². The predicted octanol–water partition coefficient (Wildman–Crippen LogP) is 9.90. The van der Waals surface area contributed by atoms with Crippen molar-refractivity contribution in [2.75, 3.05) is 93.0 Å². The second kappa shape index (κ2) is 47.0. The fourth-order valence-electron chi connectivity index (χ4n) is 7.92. The van der Waals surface area contributed by atoms with E-state index < -0.39 is 104 Å². The average Bonchev–Trinajstić information content (AvgIpc) is 3.38. The van der Waals surface area contributed by atoms with Gasteiger partial charge in [-0.1, -0.05) is 26.3 Å². The second-order valence-electron chi connectivity index (χ2n) is 25.9. The zero-order chi connectivity index (χ0) is 66.9.